The summed E-state index contributed by atoms with van der Waals surface area (Å²) in [4.78, 5) is 12.2. The molecule has 6 nitrogen and oxygen atoms in total. The molecule has 3 aromatic rings. The van der Waals surface area contributed by atoms with Gasteiger partial charge in [-0.05, 0) is 72.6 Å². The Morgan fingerprint density at radius 2 is 1.74 bits per heavy atom. The first-order chi connectivity index (χ1) is 15.1. The Balaban J connectivity index is 1.63. The molecule has 1 amide bonds. The lowest BCUT2D eigenvalue weighted by Crippen LogP contribution is -2.17. The van der Waals surface area contributed by atoms with Crippen LogP contribution in [0.15, 0.2) is 71.8 Å². The summed E-state index contributed by atoms with van der Waals surface area (Å²) in [6.07, 6.45) is 1.55. The van der Waals surface area contributed by atoms with E-state index in [1.807, 2.05) is 49.4 Å². The van der Waals surface area contributed by atoms with Crippen molar-refractivity contribution >= 4 is 23.7 Å². The third-order valence-electron chi connectivity index (χ3n) is 4.31. The molecule has 0 saturated carbocycles. The van der Waals surface area contributed by atoms with Gasteiger partial charge in [-0.1, -0.05) is 23.7 Å². The van der Waals surface area contributed by atoms with Gasteiger partial charge in [0, 0.05) is 10.6 Å². The third-order valence-corrected chi connectivity index (χ3v) is 4.56. The zero-order chi connectivity index (χ0) is 22.1. The quantitative estimate of drug-likeness (QED) is 0.373. The summed E-state index contributed by atoms with van der Waals surface area (Å²) < 4.78 is 16.7. The molecule has 3 aromatic carbocycles. The number of hydrogen-bond acceptors (Lipinski definition) is 5. The molecule has 0 atom stereocenters. The van der Waals surface area contributed by atoms with Crippen LogP contribution in [0.2, 0.25) is 5.02 Å². The molecule has 7 heteroatoms. The van der Waals surface area contributed by atoms with Crippen molar-refractivity contribution in [2.75, 3.05) is 13.7 Å². The minimum Gasteiger partial charge on any atom is -0.497 e. The summed E-state index contributed by atoms with van der Waals surface area (Å²) in [7, 11) is 1.57. The van der Waals surface area contributed by atoms with Crippen LogP contribution in [0.25, 0.3) is 0 Å². The Morgan fingerprint density at radius 3 is 2.42 bits per heavy atom. The maximum absolute atomic E-state index is 12.2. The van der Waals surface area contributed by atoms with Crippen LogP contribution in [0.1, 0.15) is 28.4 Å². The highest BCUT2D eigenvalue weighted by Gasteiger charge is 2.07. The predicted molar refractivity (Wildman–Crippen MR) is 121 cm³/mol. The SMILES string of the molecule is CCOc1cc(/C=N\NC(=O)c2ccc(OC)cc2)ccc1OCc1ccc(Cl)cc1. The van der Waals surface area contributed by atoms with E-state index in [1.54, 1.807) is 37.6 Å². The molecule has 0 fully saturated rings. The smallest absolute Gasteiger partial charge is 0.271 e. The molecular formula is C24H23ClN2O4. The largest absolute Gasteiger partial charge is 0.497 e. The van der Waals surface area contributed by atoms with Crippen molar-refractivity contribution in [1.82, 2.24) is 5.43 Å². The van der Waals surface area contributed by atoms with Crippen LogP contribution in [0.4, 0.5) is 0 Å². The van der Waals surface area contributed by atoms with E-state index in [1.165, 1.54) is 0 Å². The Hall–Kier alpha value is -3.51. The van der Waals surface area contributed by atoms with Gasteiger partial charge in [-0.15, -0.1) is 0 Å². The summed E-state index contributed by atoms with van der Waals surface area (Å²) in [6.45, 7) is 2.79. The lowest BCUT2D eigenvalue weighted by molar-refractivity contribution is 0.0955. The van der Waals surface area contributed by atoms with Crippen molar-refractivity contribution < 1.29 is 19.0 Å². The molecule has 0 heterocycles. The molecule has 0 aromatic heterocycles. The van der Waals surface area contributed by atoms with E-state index in [2.05, 4.69) is 10.5 Å². The number of halogens is 1. The van der Waals surface area contributed by atoms with Gasteiger partial charge in [0.15, 0.2) is 11.5 Å². The second kappa shape index (κ2) is 11.0. The first-order valence-corrected chi connectivity index (χ1v) is 10.1. The highest BCUT2D eigenvalue weighted by Crippen LogP contribution is 2.29. The van der Waals surface area contributed by atoms with Crippen molar-refractivity contribution in [2.24, 2.45) is 5.10 Å². The molecule has 0 aliphatic carbocycles. The average molecular weight is 439 g/mol. The second-order valence-electron chi connectivity index (χ2n) is 6.48. The maximum Gasteiger partial charge on any atom is 0.271 e. The lowest BCUT2D eigenvalue weighted by Gasteiger charge is -2.12. The number of ether oxygens (including phenoxy) is 3. The van der Waals surface area contributed by atoms with Crippen LogP contribution in [0.5, 0.6) is 17.2 Å². The van der Waals surface area contributed by atoms with Gasteiger partial charge >= 0.3 is 0 Å². The first-order valence-electron chi connectivity index (χ1n) is 9.70. The summed E-state index contributed by atoms with van der Waals surface area (Å²) >= 11 is 5.92. The van der Waals surface area contributed by atoms with Gasteiger partial charge in [-0.25, -0.2) is 5.43 Å². The number of carbonyl (C=O) groups excluding carboxylic acids is 1. The van der Waals surface area contributed by atoms with Gasteiger partial charge in [0.25, 0.3) is 5.91 Å². The normalized spacial score (nSPS) is 10.7. The molecular weight excluding hydrogens is 416 g/mol. The van der Waals surface area contributed by atoms with Crippen LogP contribution in [-0.2, 0) is 6.61 Å². The van der Waals surface area contributed by atoms with Crippen molar-refractivity contribution in [3.63, 3.8) is 0 Å². The van der Waals surface area contributed by atoms with Gasteiger partial charge in [-0.3, -0.25) is 4.79 Å². The Morgan fingerprint density at radius 1 is 1.00 bits per heavy atom. The van der Waals surface area contributed by atoms with Crippen LogP contribution >= 0.6 is 11.6 Å². The molecule has 0 aliphatic heterocycles. The monoisotopic (exact) mass is 438 g/mol. The Kier molecular flexibility index (Phi) is 7.90. The molecule has 160 valence electrons. The molecule has 0 saturated heterocycles. The number of benzene rings is 3. The van der Waals surface area contributed by atoms with E-state index in [0.717, 1.165) is 11.1 Å². The van der Waals surface area contributed by atoms with E-state index in [9.17, 15) is 4.79 Å². The molecule has 0 bridgehead atoms. The minimum absolute atomic E-state index is 0.313. The number of carbonyl (C=O) groups is 1. The molecule has 3 rings (SSSR count). The number of nitrogens with one attached hydrogen (secondary N) is 1. The second-order valence-corrected chi connectivity index (χ2v) is 6.92. The first kappa shape index (κ1) is 22.2. The zero-order valence-electron chi connectivity index (χ0n) is 17.3. The van der Waals surface area contributed by atoms with Gasteiger partial charge in [0.05, 0.1) is 19.9 Å². The maximum atomic E-state index is 12.2. The van der Waals surface area contributed by atoms with Gasteiger partial charge in [-0.2, -0.15) is 5.10 Å². The van der Waals surface area contributed by atoms with Crippen LogP contribution < -0.4 is 19.6 Å². The molecule has 0 spiro atoms. The number of rotatable bonds is 9. The highest BCUT2D eigenvalue weighted by molar-refractivity contribution is 6.30. The number of methoxy groups -OCH3 is 1. The summed E-state index contributed by atoms with van der Waals surface area (Å²) in [5.41, 5.74) is 4.75. The van der Waals surface area contributed by atoms with Crippen LogP contribution in [0, 0.1) is 0 Å². The number of hydrazone groups is 1. The minimum atomic E-state index is -0.313. The number of hydrogen-bond donors (Lipinski definition) is 1. The third kappa shape index (κ3) is 6.49. The molecule has 0 unspecified atom stereocenters. The molecule has 31 heavy (non-hydrogen) atoms. The summed E-state index contributed by atoms with van der Waals surface area (Å²) in [5, 5.41) is 4.71. The molecule has 1 N–H and O–H groups in total. The van der Waals surface area contributed by atoms with Crippen molar-refractivity contribution in [2.45, 2.75) is 13.5 Å². The topological polar surface area (TPSA) is 69.2 Å². The summed E-state index contributed by atoms with van der Waals surface area (Å²) in [5.74, 6) is 1.59. The van der Waals surface area contributed by atoms with Crippen LogP contribution in [-0.4, -0.2) is 25.8 Å². The number of amides is 1. The highest BCUT2D eigenvalue weighted by atomic mass is 35.5. The van der Waals surface area contributed by atoms with Gasteiger partial charge < -0.3 is 14.2 Å². The standard InChI is InChI=1S/C24H23ClN2O4/c1-3-30-23-14-18(6-13-22(23)31-16-17-4-9-20(25)10-5-17)15-26-27-24(28)19-7-11-21(29-2)12-8-19/h4-15H,3,16H2,1-2H3,(H,27,28)/b26-15-. The average Bonchev–Trinajstić information content (AvgIpc) is 2.80. The van der Waals surface area contributed by atoms with E-state index < -0.39 is 0 Å². The van der Waals surface area contributed by atoms with E-state index in [-0.39, 0.29) is 5.91 Å². The van der Waals surface area contributed by atoms with Crippen molar-refractivity contribution in [3.8, 4) is 17.2 Å². The van der Waals surface area contributed by atoms with E-state index in [0.29, 0.717) is 41.0 Å². The summed E-state index contributed by atoms with van der Waals surface area (Å²) in [6, 6.07) is 19.7. The number of nitrogens with zero attached hydrogens (tertiary/aromatic N) is 1. The van der Waals surface area contributed by atoms with Gasteiger partial charge in [0.2, 0.25) is 0 Å². The molecule has 0 aliphatic rings. The van der Waals surface area contributed by atoms with Crippen LogP contribution in [0.3, 0.4) is 0 Å². The fraction of sp³-hybridized carbons (Fsp3) is 0.167. The fourth-order valence-corrected chi connectivity index (χ4v) is 2.83. The lowest BCUT2D eigenvalue weighted by atomic mass is 10.2. The molecule has 0 radical (unpaired) electrons. The Bertz CT molecular complexity index is 1030. The van der Waals surface area contributed by atoms with E-state index in [4.69, 9.17) is 25.8 Å². The predicted octanol–water partition coefficient (Wildman–Crippen LogP) is 5.09. The van der Waals surface area contributed by atoms with Crippen molar-refractivity contribution in [1.29, 1.82) is 0 Å². The Labute approximate surface area is 186 Å². The van der Waals surface area contributed by atoms with Crippen molar-refractivity contribution in [3.05, 3.63) is 88.4 Å². The zero-order valence-corrected chi connectivity index (χ0v) is 18.1. The fourth-order valence-electron chi connectivity index (χ4n) is 2.71. The van der Waals surface area contributed by atoms with E-state index >= 15 is 0 Å². The van der Waals surface area contributed by atoms with Gasteiger partial charge in [0.1, 0.15) is 12.4 Å².